The predicted octanol–water partition coefficient (Wildman–Crippen LogP) is 8.24. The molecule has 0 bridgehead atoms. The number of fused-ring (bicyclic) bond motifs is 4. The average molecular weight is 982 g/mol. The molecule has 2 fully saturated rings. The van der Waals surface area contributed by atoms with Gasteiger partial charge in [-0.2, -0.15) is 0 Å². The number of morpholine rings is 1. The first kappa shape index (κ1) is 47.9. The van der Waals surface area contributed by atoms with Crippen LogP contribution in [0.2, 0.25) is 0 Å². The minimum absolute atomic E-state index is 0.0474. The van der Waals surface area contributed by atoms with Crippen molar-refractivity contribution in [1.82, 2.24) is 14.8 Å². The molecule has 1 aromatic heterocycles. The van der Waals surface area contributed by atoms with E-state index in [2.05, 4.69) is 34.2 Å². The van der Waals surface area contributed by atoms with Crippen LogP contribution in [0.3, 0.4) is 0 Å². The lowest BCUT2D eigenvalue weighted by Crippen LogP contribution is -2.54. The van der Waals surface area contributed by atoms with Gasteiger partial charge in [0.15, 0.2) is 5.13 Å². The van der Waals surface area contributed by atoms with Crippen LogP contribution in [0.5, 0.6) is 5.75 Å². The molecular formula is C57H51N5O9S. The smallest absolute Gasteiger partial charge is 0.421 e. The summed E-state index contributed by atoms with van der Waals surface area (Å²) in [6.07, 6.45) is -1.95. The number of aliphatic hydroxyl groups excluding tert-OH is 1. The van der Waals surface area contributed by atoms with E-state index < -0.39 is 59.4 Å². The second-order valence-corrected chi connectivity index (χ2v) is 18.8. The van der Waals surface area contributed by atoms with E-state index >= 15 is 14.4 Å². The number of hydrogen-bond acceptors (Lipinski definition) is 13. The first-order valence-corrected chi connectivity index (χ1v) is 24.5. The maximum atomic E-state index is 16.6. The van der Waals surface area contributed by atoms with Gasteiger partial charge in [-0.15, -0.1) is 0 Å². The number of methoxy groups -OCH3 is 1. The van der Waals surface area contributed by atoms with E-state index in [-0.39, 0.29) is 48.6 Å². The number of aromatic nitrogens is 1. The number of amides is 3. The number of ether oxygens (including phenoxy) is 4. The van der Waals surface area contributed by atoms with Gasteiger partial charge in [-0.1, -0.05) is 145 Å². The van der Waals surface area contributed by atoms with Gasteiger partial charge in [-0.3, -0.25) is 24.2 Å². The van der Waals surface area contributed by atoms with Crippen molar-refractivity contribution in [3.63, 3.8) is 0 Å². The molecule has 4 heterocycles. The van der Waals surface area contributed by atoms with E-state index in [4.69, 9.17) is 23.9 Å². The molecule has 2 N–H and O–H groups in total. The molecule has 1 spiro atoms. The highest BCUT2D eigenvalue weighted by atomic mass is 32.1. The number of cyclic esters (lactones) is 1. The Hall–Kier alpha value is -7.71. The lowest BCUT2D eigenvalue weighted by molar-refractivity contribution is -0.177. The number of esters is 1. The number of anilines is 2. The quantitative estimate of drug-likeness (QED) is 0.0612. The van der Waals surface area contributed by atoms with Crippen molar-refractivity contribution in [3.8, 4) is 17.6 Å². The van der Waals surface area contributed by atoms with Crippen molar-refractivity contribution in [2.24, 2.45) is 5.92 Å². The maximum absolute atomic E-state index is 16.6. The van der Waals surface area contributed by atoms with Crippen LogP contribution in [-0.4, -0.2) is 96.9 Å². The SMILES string of the molecule is COCCOC(=O)N1C(=O)[C@@]2(c3cc(C#CCN(C)Cc4ccccc4)ccc31)[C@H](C(=O)Nc1nc3ccccc3s1)[C@H]1C(=O)O[C@H](c3ccccc3)[C@H](c3ccccc3)N1[C@@H]2c1ccccc1OCCO. The standard InChI is InChI=1S/C57H51N5O9S/c1-60(36-38-17-6-3-7-18-38)30-16-19-37-28-29-44-42(35-37)57(54(66)61(44)56(67)70-34-33-68-2)47(52(64)59-55-58-43-25-13-15-27-46(43)72-55)49-53(65)71-50(40-22-10-5-11-23-40)48(39-20-8-4-9-21-39)62(49)51(57)41-24-12-14-26-45(41)69-32-31-63/h3-15,17-18,20-29,35,47-51,63H,30-34,36H2,1-2H3,(H,58,59,64)/t47-,48-,49-,50+,51+,57-/m0/s1. The Labute approximate surface area is 420 Å². The van der Waals surface area contributed by atoms with Gasteiger partial charge in [-0.05, 0) is 65.7 Å². The Bertz CT molecular complexity index is 3150. The first-order chi connectivity index (χ1) is 35.2. The topological polar surface area (TPSA) is 160 Å². The highest BCUT2D eigenvalue weighted by Gasteiger charge is 2.76. The number of nitrogens with one attached hydrogen (secondary N) is 1. The second kappa shape index (κ2) is 20.9. The Morgan fingerprint density at radius 2 is 1.53 bits per heavy atom. The van der Waals surface area contributed by atoms with Crippen LogP contribution < -0.4 is 15.0 Å². The minimum atomic E-state index is -2.13. The number of aliphatic hydroxyl groups is 1. The minimum Gasteiger partial charge on any atom is -0.491 e. The molecule has 3 amide bonds. The van der Waals surface area contributed by atoms with Crippen LogP contribution in [0, 0.1) is 17.8 Å². The second-order valence-electron chi connectivity index (χ2n) is 17.8. The molecule has 6 atom stereocenters. The summed E-state index contributed by atoms with van der Waals surface area (Å²) in [7, 11) is 3.44. The third-order valence-corrected chi connectivity index (χ3v) is 14.4. The van der Waals surface area contributed by atoms with Crippen LogP contribution >= 0.6 is 11.3 Å². The van der Waals surface area contributed by atoms with Crippen LogP contribution in [0.25, 0.3) is 10.2 Å². The monoisotopic (exact) mass is 981 g/mol. The van der Waals surface area contributed by atoms with E-state index in [0.717, 1.165) is 20.7 Å². The Morgan fingerprint density at radius 3 is 2.26 bits per heavy atom. The molecule has 0 unspecified atom stereocenters. The summed E-state index contributed by atoms with van der Waals surface area (Å²) >= 11 is 1.25. The Morgan fingerprint density at radius 1 is 0.833 bits per heavy atom. The van der Waals surface area contributed by atoms with E-state index in [1.807, 2.05) is 115 Å². The van der Waals surface area contributed by atoms with Crippen molar-refractivity contribution in [1.29, 1.82) is 0 Å². The summed E-state index contributed by atoms with van der Waals surface area (Å²) in [5.74, 6) is 2.99. The van der Waals surface area contributed by atoms with E-state index in [0.29, 0.717) is 35.3 Å². The molecular weight excluding hydrogens is 931 g/mol. The third kappa shape index (κ3) is 8.88. The number of carbonyl (C=O) groups excluding carboxylic acids is 4. The van der Waals surface area contributed by atoms with Crippen molar-refractivity contribution >= 4 is 56.2 Å². The molecule has 0 aliphatic carbocycles. The van der Waals surface area contributed by atoms with E-state index in [1.165, 1.54) is 18.4 Å². The number of rotatable bonds is 14. The zero-order valence-electron chi connectivity index (χ0n) is 39.6. The molecule has 0 radical (unpaired) electrons. The zero-order chi connectivity index (χ0) is 49.8. The molecule has 364 valence electrons. The van der Waals surface area contributed by atoms with Gasteiger partial charge in [-0.25, -0.2) is 14.7 Å². The fourth-order valence-electron chi connectivity index (χ4n) is 10.5. The molecule has 2 saturated heterocycles. The summed E-state index contributed by atoms with van der Waals surface area (Å²) in [5, 5.41) is 13.4. The van der Waals surface area contributed by atoms with E-state index in [9.17, 15) is 9.90 Å². The number of benzene rings is 6. The highest BCUT2D eigenvalue weighted by Crippen LogP contribution is 2.67. The van der Waals surface area contributed by atoms with Gasteiger partial charge >= 0.3 is 12.1 Å². The maximum Gasteiger partial charge on any atom is 0.421 e. The Balaban J connectivity index is 1.24. The van der Waals surface area contributed by atoms with Gasteiger partial charge in [0, 0.05) is 24.8 Å². The summed E-state index contributed by atoms with van der Waals surface area (Å²) < 4.78 is 24.7. The highest BCUT2D eigenvalue weighted by molar-refractivity contribution is 7.22. The molecule has 10 rings (SSSR count). The molecule has 14 nitrogen and oxygen atoms in total. The molecule has 6 aromatic carbocycles. The van der Waals surface area contributed by atoms with Gasteiger partial charge < -0.3 is 29.4 Å². The summed E-state index contributed by atoms with van der Waals surface area (Å²) in [6, 6.07) is 45.0. The zero-order valence-corrected chi connectivity index (χ0v) is 40.4. The van der Waals surface area contributed by atoms with Crippen molar-refractivity contribution in [3.05, 3.63) is 191 Å². The lowest BCUT2D eigenvalue weighted by atomic mass is 9.65. The van der Waals surface area contributed by atoms with Crippen LogP contribution in [0.15, 0.2) is 158 Å². The Kier molecular flexibility index (Phi) is 13.9. The van der Waals surface area contributed by atoms with Crippen molar-refractivity contribution in [2.45, 2.75) is 36.2 Å². The normalized spacial score (nSPS) is 21.2. The van der Waals surface area contributed by atoms with Crippen LogP contribution in [0.1, 0.15) is 51.6 Å². The van der Waals surface area contributed by atoms with Crippen LogP contribution in [0.4, 0.5) is 15.6 Å². The van der Waals surface area contributed by atoms with Gasteiger partial charge in [0.1, 0.15) is 36.5 Å². The lowest BCUT2D eigenvalue weighted by Gasteiger charge is -2.46. The van der Waals surface area contributed by atoms with Crippen molar-refractivity contribution < 1.29 is 43.2 Å². The molecule has 3 aliphatic rings. The summed E-state index contributed by atoms with van der Waals surface area (Å²) in [5.41, 5.74) is 2.37. The van der Waals surface area contributed by atoms with E-state index in [1.54, 1.807) is 42.5 Å². The third-order valence-electron chi connectivity index (χ3n) is 13.4. The molecule has 72 heavy (non-hydrogen) atoms. The number of para-hydroxylation sites is 2. The first-order valence-electron chi connectivity index (χ1n) is 23.7. The van der Waals surface area contributed by atoms with Gasteiger partial charge in [0.2, 0.25) is 11.8 Å². The average Bonchev–Trinajstić information content (AvgIpc) is 4.04. The number of nitrogens with zero attached hydrogens (tertiary/aromatic N) is 4. The summed E-state index contributed by atoms with van der Waals surface area (Å²) in [4.78, 5) is 72.6. The summed E-state index contributed by atoms with van der Waals surface area (Å²) in [6.45, 7) is 0.471. The van der Waals surface area contributed by atoms with Gasteiger partial charge in [0.05, 0.1) is 53.7 Å². The van der Waals surface area contributed by atoms with Gasteiger partial charge in [0.25, 0.3) is 0 Å². The molecule has 3 aliphatic heterocycles. The fourth-order valence-corrected chi connectivity index (χ4v) is 11.4. The molecule has 15 heteroatoms. The van der Waals surface area contributed by atoms with Crippen molar-refractivity contribution in [2.75, 3.05) is 57.3 Å². The number of hydrogen-bond donors (Lipinski definition) is 2. The number of imide groups is 1. The van der Waals surface area contributed by atoms with Crippen LogP contribution in [-0.2, 0) is 40.6 Å². The largest absolute Gasteiger partial charge is 0.491 e. The molecule has 7 aromatic rings. The molecule has 0 saturated carbocycles. The fraction of sp³-hybridized carbons (Fsp3) is 0.246. The number of carbonyl (C=O) groups is 4. The number of thiazole rings is 1. The predicted molar refractivity (Wildman–Crippen MR) is 272 cm³/mol.